The van der Waals surface area contributed by atoms with Crippen molar-refractivity contribution in [2.45, 2.75) is 220 Å². The van der Waals surface area contributed by atoms with E-state index in [0.717, 1.165) is 127 Å². The summed E-state index contributed by atoms with van der Waals surface area (Å²) >= 11 is 0. The number of nitrogens with zero attached hydrogens (tertiary/aromatic N) is 11. The molecule has 4 saturated heterocycles. The number of fused-ring (bicyclic) bond motifs is 1. The van der Waals surface area contributed by atoms with Crippen LogP contribution in [0.3, 0.4) is 0 Å². The van der Waals surface area contributed by atoms with E-state index in [1.807, 2.05) is 16.6 Å². The predicted octanol–water partition coefficient (Wildman–Crippen LogP) is 11.3. The SMILES string of the molecule is C.C.CC1CN(Cc2ccccc2)CC1c1nn2c(C34CC5CC(CC(C5)C3)C4)ncc2c(=O)[nH]1.CC1CN(Cc2ccccc2)CC1c1nnc(CN)c(=O)[nH]1.CC1CN(Cc2ccccc2)CC1c1nnc(CNC(=O)C23CC4CC(CC(C4)C2)C3)c(=O)[nH]1.O=C1CCC(=O)N1OC(=O)C12CC3CC(CC(C3)C1)C2. The third-order valence-electron chi connectivity index (χ3n) is 28.1. The highest BCUT2D eigenvalue weighted by Gasteiger charge is 2.58. The van der Waals surface area contributed by atoms with E-state index in [9.17, 15) is 33.6 Å². The lowest BCUT2D eigenvalue weighted by Gasteiger charge is -2.56. The molecule has 3 amide bonds. The van der Waals surface area contributed by atoms with Crippen LogP contribution >= 0.6 is 0 Å². The Hall–Kier alpha value is -8.45. The van der Waals surface area contributed by atoms with E-state index in [1.54, 1.807) is 6.20 Å². The van der Waals surface area contributed by atoms with E-state index < -0.39 is 5.41 Å². The summed E-state index contributed by atoms with van der Waals surface area (Å²) in [5.74, 6) is 10.7. The molecule has 0 radical (unpaired) electrons. The Labute approximate surface area is 651 Å². The average Bonchev–Trinajstić information content (AvgIpc) is 1.71. The van der Waals surface area contributed by atoms with Crippen LogP contribution in [0.25, 0.3) is 5.52 Å². The molecule has 24 heteroatoms. The minimum atomic E-state index is -0.419. The van der Waals surface area contributed by atoms with E-state index in [4.69, 9.17) is 20.7 Å². The molecule has 3 aromatic carbocycles. The maximum absolute atomic E-state index is 13.2. The van der Waals surface area contributed by atoms with Crippen LogP contribution in [0.2, 0.25) is 0 Å². The first-order valence-electron chi connectivity index (χ1n) is 41.0. The number of nitrogens with two attached hydrogens (primary N) is 1. The fraction of sp³-hybridized carbons (Fsp3) is 0.621. The number of rotatable bonds is 16. The summed E-state index contributed by atoms with van der Waals surface area (Å²) in [4.78, 5) is 113. The first-order valence-corrected chi connectivity index (χ1v) is 41.0. The summed E-state index contributed by atoms with van der Waals surface area (Å²) in [6.07, 6.45) is 23.3. The standard InChI is InChI=1S/C27H35N5O2.C27H33N5O.C16H21N5O.C15H19NO4.2CH4/c1-17-14-32(15-18-5-3-2-4-6-18)16-22(17)24-29-25(33)23(30-31-24)13-28-26(34)27-10-19-7-20(11-27)9-21(8-19)12-27;1-17-14-31(15-18-5-3-2-4-6-18)16-22(17)24-29-25(33)23-13-28-26(32(23)30-24)27-10-19-7-20(11-27)9-21(8-19)12-27;1-11-8-21(9-12-5-3-2-4-6-12)10-13(11)15-18-16(22)14(7-17)19-20-15;17-12-1-2-13(18)16(12)20-14(19)15-6-9-3-10(7-15)5-11(4-9)8-15;;/h2-6,17,19-22H,7-16H2,1H3,(H,28,34)(H,29,31,33);2-6,13,17,19-22H,7-12,14-16H2,1H3,(H,29,30,33);2-6,11,13H,7-10,17H2,1H3,(H,18,20,22);9-11H,1-8H2;2*1H4. The number of aromatic amines is 3. The number of likely N-dealkylation sites (tertiary alicyclic amines) is 3. The lowest BCUT2D eigenvalue weighted by atomic mass is 9.49. The Morgan fingerprint density at radius 2 is 0.847 bits per heavy atom. The van der Waals surface area contributed by atoms with E-state index in [-0.39, 0.29) is 115 Å². The number of aromatic nitrogens is 10. The topological polar surface area (TPSA) is 309 Å². The summed E-state index contributed by atoms with van der Waals surface area (Å²) in [6.45, 7) is 15.3. The molecule has 16 fully saturated rings. The molecule has 24 nitrogen and oxygen atoms in total. The second kappa shape index (κ2) is 32.2. The Morgan fingerprint density at radius 1 is 0.477 bits per heavy atom. The van der Waals surface area contributed by atoms with E-state index in [2.05, 4.69) is 155 Å². The van der Waals surface area contributed by atoms with Crippen LogP contribution in [-0.2, 0) is 62.2 Å². The van der Waals surface area contributed by atoms with Crippen molar-refractivity contribution in [2.24, 2.45) is 87.6 Å². The highest BCUT2D eigenvalue weighted by Crippen LogP contribution is 2.63. The smallest absolute Gasteiger partial charge is 0.339 e. The summed E-state index contributed by atoms with van der Waals surface area (Å²) in [5, 5.41) is 25.6. The van der Waals surface area contributed by atoms with Gasteiger partial charge >= 0.3 is 5.97 Å². The van der Waals surface area contributed by atoms with Gasteiger partial charge in [0.25, 0.3) is 28.5 Å². The Balaban J connectivity index is 0.000000119. The van der Waals surface area contributed by atoms with Gasteiger partial charge < -0.3 is 30.8 Å². The third-order valence-corrected chi connectivity index (χ3v) is 28.1. The van der Waals surface area contributed by atoms with Crippen LogP contribution < -0.4 is 27.7 Å². The van der Waals surface area contributed by atoms with Crippen molar-refractivity contribution in [1.29, 1.82) is 0 Å². The maximum Gasteiger partial charge on any atom is 0.339 e. The Morgan fingerprint density at radius 3 is 1.24 bits per heavy atom. The minimum absolute atomic E-state index is 0. The van der Waals surface area contributed by atoms with Gasteiger partial charge in [0.2, 0.25) is 5.91 Å². The van der Waals surface area contributed by atoms with Crippen LogP contribution in [0.5, 0.6) is 0 Å². The van der Waals surface area contributed by atoms with E-state index in [0.29, 0.717) is 81.2 Å². The summed E-state index contributed by atoms with van der Waals surface area (Å²) in [7, 11) is 0. The molecule has 0 spiro atoms. The molecular weight excluding hydrogens is 1400 g/mol. The van der Waals surface area contributed by atoms with Gasteiger partial charge in [0, 0.05) is 107 Å². The molecule has 6 atom stereocenters. The molecule has 16 aliphatic rings. The normalized spacial score (nSPS) is 33.2. The molecule has 12 saturated carbocycles. The van der Waals surface area contributed by atoms with E-state index >= 15 is 0 Å². The predicted molar refractivity (Wildman–Crippen MR) is 421 cm³/mol. The number of imide groups is 1. The molecule has 111 heavy (non-hydrogen) atoms. The van der Waals surface area contributed by atoms with Gasteiger partial charge in [0.1, 0.15) is 34.7 Å². The van der Waals surface area contributed by atoms with Crippen LogP contribution in [0.4, 0.5) is 0 Å². The largest absolute Gasteiger partial charge is 0.350 e. The molecule has 6 unspecified atom stereocenters. The molecule has 592 valence electrons. The molecule has 12 bridgehead atoms. The summed E-state index contributed by atoms with van der Waals surface area (Å²) in [5.41, 5.74) is 9.58. The summed E-state index contributed by atoms with van der Waals surface area (Å²) < 4.78 is 1.95. The molecule has 7 aromatic rings. The van der Waals surface area contributed by atoms with Crippen LogP contribution in [0.15, 0.2) is 112 Å². The van der Waals surface area contributed by atoms with Gasteiger partial charge in [-0.3, -0.25) is 43.5 Å². The van der Waals surface area contributed by atoms with Gasteiger partial charge in [-0.1, -0.05) is 127 Å². The number of carbonyl (C=O) groups excluding carboxylic acids is 4. The zero-order valence-corrected chi connectivity index (χ0v) is 63.6. The van der Waals surface area contributed by atoms with Crippen molar-refractivity contribution in [1.82, 2.24) is 75.0 Å². The van der Waals surface area contributed by atoms with Gasteiger partial charge in [-0.25, -0.2) is 14.3 Å². The lowest BCUT2D eigenvalue weighted by Crippen LogP contribution is -2.53. The van der Waals surface area contributed by atoms with Crippen LogP contribution in [0.1, 0.15) is 233 Å². The maximum atomic E-state index is 13.2. The lowest BCUT2D eigenvalue weighted by molar-refractivity contribution is -0.214. The number of imidazole rings is 1. The van der Waals surface area contributed by atoms with Crippen molar-refractivity contribution in [3.63, 3.8) is 0 Å². The van der Waals surface area contributed by atoms with E-state index in [1.165, 1.54) is 93.7 Å². The molecule has 6 N–H and O–H groups in total. The van der Waals surface area contributed by atoms with Crippen molar-refractivity contribution in [2.75, 3.05) is 39.3 Å². The van der Waals surface area contributed by atoms with Gasteiger partial charge in [-0.15, -0.1) is 25.5 Å². The number of hydrogen-bond donors (Lipinski definition) is 5. The highest BCUT2D eigenvalue weighted by atomic mass is 16.7. The fourth-order valence-corrected chi connectivity index (χ4v) is 24.3. The number of H-pyrrole nitrogens is 3. The van der Waals surface area contributed by atoms with Crippen LogP contribution in [-0.4, -0.2) is 133 Å². The number of carbonyl (C=O) groups is 4. The number of hydroxylamine groups is 2. The zero-order valence-electron chi connectivity index (χ0n) is 63.6. The third kappa shape index (κ3) is 16.2. The molecular formula is C87H116N16O8. The summed E-state index contributed by atoms with van der Waals surface area (Å²) in [6, 6.07) is 31.5. The monoisotopic (exact) mass is 1510 g/mol. The number of amides is 3. The minimum Gasteiger partial charge on any atom is -0.350 e. The Kier molecular flexibility index (Phi) is 22.6. The molecule has 4 aliphatic heterocycles. The highest BCUT2D eigenvalue weighted by molar-refractivity contribution is 6.01. The number of hydrogen-bond acceptors (Lipinski definition) is 18. The number of nitrogens with one attached hydrogen (secondary N) is 4. The first kappa shape index (κ1) is 77.9. The quantitative estimate of drug-likeness (QED) is 0.0561. The zero-order chi connectivity index (χ0) is 74.9. The van der Waals surface area contributed by atoms with Gasteiger partial charge in [-0.2, -0.15) is 5.10 Å². The molecule has 12 aliphatic carbocycles. The fourth-order valence-electron chi connectivity index (χ4n) is 24.3. The number of benzene rings is 3. The molecule has 4 aromatic heterocycles. The van der Waals surface area contributed by atoms with Gasteiger partial charge in [-0.05, 0) is 203 Å². The van der Waals surface area contributed by atoms with Crippen molar-refractivity contribution >= 4 is 29.2 Å². The van der Waals surface area contributed by atoms with Crippen LogP contribution in [0, 0.1) is 81.8 Å². The van der Waals surface area contributed by atoms with Gasteiger partial charge in [0.05, 0.1) is 18.2 Å². The second-order valence-corrected chi connectivity index (χ2v) is 36.4. The van der Waals surface area contributed by atoms with Crippen molar-refractivity contribution in [3.05, 3.63) is 180 Å². The second-order valence-electron chi connectivity index (χ2n) is 36.4. The molecule has 8 heterocycles. The molecule has 23 rings (SSSR count). The van der Waals surface area contributed by atoms with Crippen molar-refractivity contribution < 1.29 is 24.0 Å². The van der Waals surface area contributed by atoms with Crippen molar-refractivity contribution in [3.8, 4) is 0 Å². The average molecular weight is 1510 g/mol. The Bertz CT molecular complexity index is 4550. The van der Waals surface area contributed by atoms with Gasteiger partial charge in [0.15, 0.2) is 5.52 Å². The first-order chi connectivity index (χ1) is 52.8.